The van der Waals surface area contributed by atoms with Gasteiger partial charge in [-0.2, -0.15) is 0 Å². The molecule has 4 aromatic rings. The zero-order chi connectivity index (χ0) is 25.3. The van der Waals surface area contributed by atoms with Gasteiger partial charge in [0.05, 0.1) is 12.7 Å². The largest absolute Gasteiger partial charge is 0.497 e. The van der Waals surface area contributed by atoms with Crippen LogP contribution in [0.3, 0.4) is 0 Å². The number of carbonyl (C=O) groups is 2. The first-order chi connectivity index (χ1) is 17.5. The normalized spacial score (nSPS) is 10.5. The van der Waals surface area contributed by atoms with Crippen LogP contribution in [-0.4, -0.2) is 35.5 Å². The van der Waals surface area contributed by atoms with E-state index in [1.165, 1.54) is 0 Å². The molecule has 0 aliphatic rings. The van der Waals surface area contributed by atoms with Gasteiger partial charge < -0.3 is 19.5 Å². The van der Waals surface area contributed by atoms with Crippen LogP contribution >= 0.6 is 0 Å². The van der Waals surface area contributed by atoms with Crippen LogP contribution in [0.4, 0.5) is 0 Å². The molecule has 0 saturated heterocycles. The first-order valence-electron chi connectivity index (χ1n) is 11.6. The van der Waals surface area contributed by atoms with Gasteiger partial charge in [0.15, 0.2) is 0 Å². The lowest BCUT2D eigenvalue weighted by Crippen LogP contribution is -2.32. The molecule has 0 atom stereocenters. The minimum Gasteiger partial charge on any atom is -0.497 e. The summed E-state index contributed by atoms with van der Waals surface area (Å²) in [4.78, 5) is 26.4. The molecule has 182 valence electrons. The van der Waals surface area contributed by atoms with Gasteiger partial charge in [-0.05, 0) is 78.2 Å². The molecule has 0 aromatic heterocycles. The predicted octanol–water partition coefficient (Wildman–Crippen LogP) is 6.07. The van der Waals surface area contributed by atoms with Gasteiger partial charge in [0.2, 0.25) is 0 Å². The fourth-order valence-corrected chi connectivity index (χ4v) is 3.76. The molecule has 0 spiro atoms. The van der Waals surface area contributed by atoms with Crippen LogP contribution in [0.2, 0.25) is 0 Å². The van der Waals surface area contributed by atoms with E-state index >= 15 is 0 Å². The fourth-order valence-electron chi connectivity index (χ4n) is 3.76. The number of carboxylic acids is 1. The quantitative estimate of drug-likeness (QED) is 0.297. The maximum atomic E-state index is 13.5. The first-order valence-corrected chi connectivity index (χ1v) is 11.6. The third kappa shape index (κ3) is 6.51. The summed E-state index contributed by atoms with van der Waals surface area (Å²) in [5.41, 5.74) is 2.77. The lowest BCUT2D eigenvalue weighted by Gasteiger charge is -2.23. The second kappa shape index (κ2) is 11.7. The molecule has 0 saturated carbocycles. The molecule has 36 heavy (non-hydrogen) atoms. The molecule has 0 fully saturated rings. The average Bonchev–Trinajstić information content (AvgIpc) is 2.92. The fraction of sp³-hybridized carbons (Fsp3) is 0.133. The molecule has 0 aliphatic carbocycles. The van der Waals surface area contributed by atoms with Crippen molar-refractivity contribution < 1.29 is 24.2 Å². The van der Waals surface area contributed by atoms with E-state index in [4.69, 9.17) is 14.6 Å². The summed E-state index contributed by atoms with van der Waals surface area (Å²) in [6, 6.07) is 30.9. The molecule has 1 N–H and O–H groups in total. The summed E-state index contributed by atoms with van der Waals surface area (Å²) in [6.07, 6.45) is 0.707. The second-order valence-electron chi connectivity index (χ2n) is 8.27. The van der Waals surface area contributed by atoms with Crippen molar-refractivity contribution in [2.75, 3.05) is 13.7 Å². The summed E-state index contributed by atoms with van der Waals surface area (Å²) in [5.74, 6) is 0.956. The molecule has 0 heterocycles. The van der Waals surface area contributed by atoms with E-state index in [1.807, 2.05) is 54.6 Å². The van der Waals surface area contributed by atoms with Crippen LogP contribution in [0, 0.1) is 0 Å². The van der Waals surface area contributed by atoms with Gasteiger partial charge in [0.1, 0.15) is 17.2 Å². The maximum absolute atomic E-state index is 13.5. The Kier molecular flexibility index (Phi) is 7.98. The van der Waals surface area contributed by atoms with Gasteiger partial charge in [-0.25, -0.2) is 4.79 Å². The summed E-state index contributed by atoms with van der Waals surface area (Å²) in [5, 5.41) is 9.16. The molecule has 0 unspecified atom stereocenters. The molecule has 6 heteroatoms. The van der Waals surface area contributed by atoms with Crippen molar-refractivity contribution >= 4 is 11.9 Å². The third-order valence-corrected chi connectivity index (χ3v) is 5.77. The van der Waals surface area contributed by atoms with Gasteiger partial charge in [-0.3, -0.25) is 4.79 Å². The van der Waals surface area contributed by atoms with Crippen molar-refractivity contribution in [2.45, 2.75) is 13.0 Å². The Morgan fingerprint density at radius 1 is 0.694 bits per heavy atom. The summed E-state index contributed by atoms with van der Waals surface area (Å²) in [6.45, 7) is 0.892. The van der Waals surface area contributed by atoms with Crippen molar-refractivity contribution in [1.82, 2.24) is 4.90 Å². The topological polar surface area (TPSA) is 76.1 Å². The van der Waals surface area contributed by atoms with Crippen LogP contribution in [0.5, 0.6) is 17.2 Å². The Balaban J connectivity index is 1.48. The number of benzene rings is 4. The summed E-state index contributed by atoms with van der Waals surface area (Å²) < 4.78 is 11.0. The number of ether oxygens (including phenoxy) is 2. The van der Waals surface area contributed by atoms with E-state index in [9.17, 15) is 9.59 Å². The molecule has 0 radical (unpaired) electrons. The first kappa shape index (κ1) is 24.5. The van der Waals surface area contributed by atoms with Gasteiger partial charge in [-0.15, -0.1) is 0 Å². The molecular formula is C30H27NO5. The minimum absolute atomic E-state index is 0.107. The Hall–Kier alpha value is -4.58. The zero-order valence-electron chi connectivity index (χ0n) is 20.0. The van der Waals surface area contributed by atoms with E-state index in [0.717, 1.165) is 16.9 Å². The molecule has 0 aliphatic heterocycles. The lowest BCUT2D eigenvalue weighted by atomic mass is 10.1. The van der Waals surface area contributed by atoms with Crippen molar-refractivity contribution in [3.05, 3.63) is 125 Å². The lowest BCUT2D eigenvalue weighted by molar-refractivity contribution is 0.0694. The van der Waals surface area contributed by atoms with Crippen molar-refractivity contribution in [3.8, 4) is 17.2 Å². The average molecular weight is 482 g/mol. The number of aromatic carboxylic acids is 1. The van der Waals surface area contributed by atoms with E-state index < -0.39 is 5.97 Å². The number of methoxy groups -OCH3 is 1. The third-order valence-electron chi connectivity index (χ3n) is 5.77. The number of rotatable bonds is 10. The van der Waals surface area contributed by atoms with Crippen molar-refractivity contribution in [3.63, 3.8) is 0 Å². The van der Waals surface area contributed by atoms with Crippen LogP contribution < -0.4 is 9.47 Å². The maximum Gasteiger partial charge on any atom is 0.335 e. The monoisotopic (exact) mass is 481 g/mol. The standard InChI is InChI=1S/C30H27NO5/c1-35-26-15-17-28(18-16-26)36-27-13-11-24(12-14-27)29(32)31(20-19-22-5-3-2-4-6-22)21-23-7-9-25(10-8-23)30(33)34/h2-18H,19-21H2,1H3,(H,33,34). The van der Waals surface area contributed by atoms with Gasteiger partial charge in [0, 0.05) is 18.7 Å². The van der Waals surface area contributed by atoms with Gasteiger partial charge in [0.25, 0.3) is 5.91 Å². The van der Waals surface area contributed by atoms with E-state index in [-0.39, 0.29) is 11.5 Å². The number of hydrogen-bond acceptors (Lipinski definition) is 4. The molecular weight excluding hydrogens is 454 g/mol. The highest BCUT2D eigenvalue weighted by atomic mass is 16.5. The number of carbonyl (C=O) groups excluding carboxylic acids is 1. The van der Waals surface area contributed by atoms with E-state index in [1.54, 1.807) is 60.5 Å². The highest BCUT2D eigenvalue weighted by molar-refractivity contribution is 5.94. The van der Waals surface area contributed by atoms with Crippen molar-refractivity contribution in [1.29, 1.82) is 0 Å². The highest BCUT2D eigenvalue weighted by Gasteiger charge is 2.17. The Morgan fingerprint density at radius 2 is 1.25 bits per heavy atom. The van der Waals surface area contributed by atoms with Crippen LogP contribution in [0.25, 0.3) is 0 Å². The highest BCUT2D eigenvalue weighted by Crippen LogP contribution is 2.24. The zero-order valence-corrected chi connectivity index (χ0v) is 20.0. The molecule has 1 amide bonds. The second-order valence-corrected chi connectivity index (χ2v) is 8.27. The number of nitrogens with zero attached hydrogens (tertiary/aromatic N) is 1. The summed E-state index contributed by atoms with van der Waals surface area (Å²) >= 11 is 0. The molecule has 4 aromatic carbocycles. The van der Waals surface area contributed by atoms with E-state index in [0.29, 0.717) is 36.6 Å². The van der Waals surface area contributed by atoms with Gasteiger partial charge in [-0.1, -0.05) is 42.5 Å². The Morgan fingerprint density at radius 3 is 1.83 bits per heavy atom. The van der Waals surface area contributed by atoms with Crippen LogP contribution in [0.1, 0.15) is 31.8 Å². The van der Waals surface area contributed by atoms with Crippen LogP contribution in [-0.2, 0) is 13.0 Å². The number of carboxylic acid groups (broad SMARTS) is 1. The number of hydrogen-bond donors (Lipinski definition) is 1. The van der Waals surface area contributed by atoms with Crippen LogP contribution in [0.15, 0.2) is 103 Å². The minimum atomic E-state index is -0.976. The molecule has 4 rings (SSSR count). The Labute approximate surface area is 210 Å². The molecule has 6 nitrogen and oxygen atoms in total. The SMILES string of the molecule is COc1ccc(Oc2ccc(C(=O)N(CCc3ccccc3)Cc3ccc(C(=O)O)cc3)cc2)cc1. The summed E-state index contributed by atoms with van der Waals surface area (Å²) in [7, 11) is 1.61. The smallest absolute Gasteiger partial charge is 0.335 e. The van der Waals surface area contributed by atoms with E-state index in [2.05, 4.69) is 0 Å². The number of amides is 1. The molecule has 0 bridgehead atoms. The van der Waals surface area contributed by atoms with Crippen molar-refractivity contribution in [2.24, 2.45) is 0 Å². The van der Waals surface area contributed by atoms with Gasteiger partial charge >= 0.3 is 5.97 Å². The predicted molar refractivity (Wildman–Crippen MR) is 138 cm³/mol. The Bertz CT molecular complexity index is 1280.